The van der Waals surface area contributed by atoms with E-state index < -0.39 is 22.4 Å². The van der Waals surface area contributed by atoms with Gasteiger partial charge < -0.3 is 0 Å². The van der Waals surface area contributed by atoms with Crippen molar-refractivity contribution < 1.29 is 26.3 Å². The van der Waals surface area contributed by atoms with Crippen molar-refractivity contribution in [1.82, 2.24) is 59.8 Å². The van der Waals surface area contributed by atoms with Crippen LogP contribution in [0.15, 0.2) is 163 Å². The molecule has 1 aliphatic carbocycles. The molecule has 1 fully saturated rings. The smallest absolute Gasteiger partial charge is 0.264 e. The van der Waals surface area contributed by atoms with Crippen molar-refractivity contribution in [2.45, 2.75) is 158 Å². The molecule has 0 saturated heterocycles. The molecule has 0 radical (unpaired) electrons. The van der Waals surface area contributed by atoms with Crippen molar-refractivity contribution in [3.8, 4) is 31.8 Å². The summed E-state index contributed by atoms with van der Waals surface area (Å²) in [6, 6.07) is 20.0. The number of hydrogen-bond donors (Lipinski definition) is 0. The number of thiazole rings is 10. The zero-order chi connectivity index (χ0) is 71.8. The highest BCUT2D eigenvalue weighted by atomic mass is 32.1. The number of pyridine rings is 2. The van der Waals surface area contributed by atoms with Gasteiger partial charge in [0.2, 0.25) is 0 Å². The summed E-state index contributed by atoms with van der Waals surface area (Å²) < 4.78 is 70.0. The number of nitrogens with zero attached hydrogens (tertiary/aromatic N) is 12. The first-order valence-corrected chi connectivity index (χ1v) is 39.0. The van der Waals surface area contributed by atoms with Gasteiger partial charge in [0.15, 0.2) is 10.0 Å². The lowest BCUT2D eigenvalue weighted by molar-refractivity contribution is -0.138. The van der Waals surface area contributed by atoms with Crippen molar-refractivity contribution in [3.63, 3.8) is 0 Å². The largest absolute Gasteiger partial charge is 0.443 e. The minimum Gasteiger partial charge on any atom is -0.264 e. The van der Waals surface area contributed by atoms with E-state index in [1.54, 1.807) is 98.7 Å². The fourth-order valence-corrected chi connectivity index (χ4v) is 14.2. The van der Waals surface area contributed by atoms with Gasteiger partial charge in [0.1, 0.15) is 15.0 Å². The molecular weight excluding hydrogens is 1440 g/mol. The molecule has 0 N–H and O–H groups in total. The molecular formula is C70H80F6N12S10. The highest BCUT2D eigenvalue weighted by Gasteiger charge is 2.34. The predicted octanol–water partition coefficient (Wildman–Crippen LogP) is 24.7. The average molecular weight is 1520 g/mol. The van der Waals surface area contributed by atoms with E-state index in [0.29, 0.717) is 45.3 Å². The van der Waals surface area contributed by atoms with E-state index in [1.165, 1.54) is 79.3 Å². The van der Waals surface area contributed by atoms with Crippen LogP contribution in [0.1, 0.15) is 163 Å². The molecule has 13 aromatic rings. The lowest BCUT2D eigenvalue weighted by atomic mass is 9.98. The van der Waals surface area contributed by atoms with Crippen LogP contribution in [0.2, 0.25) is 0 Å². The number of alkyl halides is 6. The average Bonchev–Trinajstić information content (AvgIpc) is 1.77. The van der Waals surface area contributed by atoms with Crippen LogP contribution in [0.5, 0.6) is 0 Å². The third-order valence-electron chi connectivity index (χ3n) is 12.0. The maximum absolute atomic E-state index is 11.7. The summed E-state index contributed by atoms with van der Waals surface area (Å²) >= 11 is 15.1. The summed E-state index contributed by atoms with van der Waals surface area (Å²) in [5, 5.41) is 11.9. The SMILES string of the molecule is CC(C)(C)c1nccs1.CC(C)c1cncs1.CC(C)c1nccs1.Cc1cnc(-c2ccccc2)s1.Cc1cnc(-c2ccccn2)s1.Cc1cnc(-c2cccnc2)s1.Cc1cnc(C(F)(F)F)s1.Cc1cnc(C2CC2)s1.Cc1ncc(C(C)C)s1.FC(F)(F)c1nccs1. The van der Waals surface area contributed by atoms with Gasteiger partial charge in [0, 0.05) is 159 Å². The molecule has 0 bridgehead atoms. The summed E-state index contributed by atoms with van der Waals surface area (Å²) in [6.45, 7) is 31.5. The van der Waals surface area contributed by atoms with E-state index >= 15 is 0 Å². The third-order valence-corrected chi connectivity index (χ3v) is 22.3. The van der Waals surface area contributed by atoms with E-state index in [2.05, 4.69) is 155 Å². The van der Waals surface area contributed by atoms with Crippen LogP contribution in [-0.2, 0) is 17.8 Å². The molecule has 1 aromatic carbocycles. The fourth-order valence-electron chi connectivity index (χ4n) is 7.02. The van der Waals surface area contributed by atoms with Gasteiger partial charge in [-0.1, -0.05) is 98.7 Å². The predicted molar refractivity (Wildman–Crippen MR) is 404 cm³/mol. The Morgan fingerprint density at radius 2 is 0.908 bits per heavy atom. The fraction of sp³-hybridized carbons (Fsp3) is 0.343. The summed E-state index contributed by atoms with van der Waals surface area (Å²) in [7, 11) is 0. The van der Waals surface area contributed by atoms with Crippen molar-refractivity contribution in [2.75, 3.05) is 0 Å². The normalized spacial score (nSPS) is 11.5. The zero-order valence-electron chi connectivity index (χ0n) is 57.0. The Bertz CT molecular complexity index is 3830. The van der Waals surface area contributed by atoms with E-state index in [-0.39, 0.29) is 5.41 Å². The van der Waals surface area contributed by atoms with Crippen LogP contribution in [0, 0.1) is 41.5 Å². The third kappa shape index (κ3) is 31.7. The maximum Gasteiger partial charge on any atom is 0.443 e. The quantitative estimate of drug-likeness (QED) is 0.139. The number of benzene rings is 1. The van der Waals surface area contributed by atoms with E-state index in [9.17, 15) is 26.3 Å². The second-order valence-electron chi connectivity index (χ2n) is 23.0. The highest BCUT2D eigenvalue weighted by Crippen LogP contribution is 2.41. The van der Waals surface area contributed by atoms with Gasteiger partial charge in [-0.15, -0.1) is 113 Å². The van der Waals surface area contributed by atoms with Gasteiger partial charge in [-0.3, -0.25) is 15.0 Å². The maximum atomic E-state index is 11.7. The van der Waals surface area contributed by atoms with Gasteiger partial charge in [-0.25, -0.2) is 44.9 Å². The number of aryl methyl sites for hydroxylation is 6. The van der Waals surface area contributed by atoms with Crippen LogP contribution < -0.4 is 0 Å². The molecule has 0 unspecified atom stereocenters. The topological polar surface area (TPSA) is 155 Å². The molecule has 28 heteroatoms. The van der Waals surface area contributed by atoms with Crippen molar-refractivity contribution in [2.24, 2.45) is 0 Å². The second kappa shape index (κ2) is 41.8. The van der Waals surface area contributed by atoms with Gasteiger partial charge in [-0.2, -0.15) is 26.3 Å². The molecule has 0 atom stereocenters. The first kappa shape index (κ1) is 82.1. The summed E-state index contributed by atoms with van der Waals surface area (Å²) in [5.74, 6) is 2.71. The van der Waals surface area contributed by atoms with Gasteiger partial charge in [0.05, 0.1) is 31.2 Å². The van der Waals surface area contributed by atoms with Gasteiger partial charge in [-0.05, 0) is 90.5 Å². The number of rotatable bonds is 7. The van der Waals surface area contributed by atoms with E-state index in [4.69, 9.17) is 0 Å². The Morgan fingerprint density at radius 3 is 1.24 bits per heavy atom. The Kier molecular flexibility index (Phi) is 35.0. The van der Waals surface area contributed by atoms with Crippen LogP contribution in [0.4, 0.5) is 26.3 Å². The van der Waals surface area contributed by atoms with E-state index in [0.717, 1.165) is 38.4 Å². The molecule has 0 spiro atoms. The lowest BCUT2D eigenvalue weighted by Gasteiger charge is -2.12. The van der Waals surface area contributed by atoms with Crippen LogP contribution in [-0.4, -0.2) is 59.8 Å². The molecule has 98 heavy (non-hydrogen) atoms. The summed E-state index contributed by atoms with van der Waals surface area (Å²) in [4.78, 5) is 56.4. The highest BCUT2D eigenvalue weighted by molar-refractivity contribution is 7.16. The Morgan fingerprint density at radius 1 is 0.388 bits per heavy atom. The molecule has 1 saturated carbocycles. The number of halogens is 6. The van der Waals surface area contributed by atoms with Crippen molar-refractivity contribution in [1.29, 1.82) is 0 Å². The second-order valence-corrected chi connectivity index (χ2v) is 34.1. The molecule has 12 heterocycles. The molecule has 14 rings (SSSR count). The van der Waals surface area contributed by atoms with Crippen LogP contribution in [0.3, 0.4) is 0 Å². The molecule has 0 amide bonds. The van der Waals surface area contributed by atoms with Crippen LogP contribution >= 0.6 is 113 Å². The molecule has 1 aliphatic rings. The number of hydrogen-bond acceptors (Lipinski definition) is 22. The zero-order valence-corrected chi connectivity index (χ0v) is 65.2. The standard InChI is InChI=1S/C10H9NS.2C9H8N2S.C7H9NS.2C7H11NS.2C6H9NS.C5H4F3NS.C4H2F3NS/c1-8-7-11-10(12-8)9-5-3-2-4-6-9;1-7-5-11-9(12-7)8-3-2-4-10-6-8;1-7-6-11-9(12-7)8-4-2-3-5-10-8;1-5-4-8-7(9-5)6-2-3-6;1-7(2,3)6-8-4-5-9-6;1-5(2)7-4-8-6(3)9-7;1-5(2)6-3-7-4-8-6;1-5(2)6-7-3-4-8-6;1-3-2-9-4(10-3)5(6,7)8;5-4(6,7)3-8-1-2-9-3/h2-7H,1H3;2*2-6H,1H3;4,6H,2-3H2,1H3;2*4-5H,1-3H3;2*3-5H,1-2H3;2H,1H3;1-2H. The Hall–Kier alpha value is -6.60. The van der Waals surface area contributed by atoms with Crippen molar-refractivity contribution in [3.05, 3.63) is 227 Å². The Balaban J connectivity index is 0.000000197. The van der Waals surface area contributed by atoms with Gasteiger partial charge >= 0.3 is 12.4 Å². The molecule has 12 aromatic heterocycles. The minimum atomic E-state index is -4.28. The first-order chi connectivity index (χ1) is 46.5. The lowest BCUT2D eigenvalue weighted by Crippen LogP contribution is -2.09. The molecule has 12 nitrogen and oxygen atoms in total. The van der Waals surface area contributed by atoms with Crippen molar-refractivity contribution >= 4 is 113 Å². The Labute approximate surface area is 611 Å². The van der Waals surface area contributed by atoms with Crippen LogP contribution in [0.25, 0.3) is 31.8 Å². The van der Waals surface area contributed by atoms with Gasteiger partial charge in [0.25, 0.3) is 0 Å². The first-order valence-electron chi connectivity index (χ1n) is 30.6. The monoisotopic (exact) mass is 1520 g/mol. The minimum absolute atomic E-state index is 0.230. The summed E-state index contributed by atoms with van der Waals surface area (Å²) in [5.41, 5.74) is 5.35. The molecule has 522 valence electrons. The molecule has 0 aliphatic heterocycles. The summed E-state index contributed by atoms with van der Waals surface area (Å²) in [6.07, 6.45) is 17.1. The number of aromatic nitrogens is 12. The van der Waals surface area contributed by atoms with E-state index in [1.807, 2.05) is 146 Å².